The Morgan fingerprint density at radius 1 is 0.516 bits per heavy atom. The first-order valence-electron chi connectivity index (χ1n) is 11.5. The van der Waals surface area contributed by atoms with E-state index in [-0.39, 0.29) is 0 Å². The van der Waals surface area contributed by atoms with Crippen LogP contribution in [0.3, 0.4) is 0 Å². The van der Waals surface area contributed by atoms with Crippen LogP contribution in [-0.4, -0.2) is 23.0 Å². The number of hydrogen-bond acceptors (Lipinski definition) is 1. The Morgan fingerprint density at radius 3 is 1.61 bits per heavy atom. The highest BCUT2D eigenvalue weighted by Crippen LogP contribution is 2.35. The summed E-state index contributed by atoms with van der Waals surface area (Å²) in [5.74, 6) is 7.46. The molecule has 164 valence electrons. The zero-order valence-corrected chi connectivity index (χ0v) is 21.1. The lowest BCUT2D eigenvalue weighted by atomic mass is 10.1. The Morgan fingerprint density at radius 2 is 1.03 bits per heavy atom. The molecule has 0 aromatic heterocycles. The zero-order chi connectivity index (χ0) is 22.1. The highest BCUT2D eigenvalue weighted by molar-refractivity contribution is 7.96. The van der Waals surface area contributed by atoms with E-state index in [0.29, 0.717) is 21.8 Å². The number of benzene rings is 3. The van der Waals surface area contributed by atoms with Crippen molar-refractivity contribution in [3.8, 4) is 0 Å². The molecule has 3 aromatic carbocycles. The summed E-state index contributed by atoms with van der Waals surface area (Å²) in [6.45, 7) is 9.26. The Labute approximate surface area is 195 Å². The third kappa shape index (κ3) is 6.57. The first-order chi connectivity index (χ1) is 15.2. The van der Waals surface area contributed by atoms with Crippen LogP contribution in [0.1, 0.15) is 38.8 Å². The summed E-state index contributed by atoms with van der Waals surface area (Å²) in [5.41, 5.74) is 6.57. The van der Waals surface area contributed by atoms with E-state index in [2.05, 4.69) is 111 Å². The van der Waals surface area contributed by atoms with Crippen molar-refractivity contribution in [3.05, 3.63) is 90.0 Å². The Balaban J connectivity index is 1.93. The summed E-state index contributed by atoms with van der Waals surface area (Å²) in [4.78, 5) is 2.39. The van der Waals surface area contributed by atoms with Crippen molar-refractivity contribution >= 4 is 38.9 Å². The molecule has 3 rings (SSSR count). The van der Waals surface area contributed by atoms with Crippen molar-refractivity contribution in [3.63, 3.8) is 0 Å². The Kier molecular flexibility index (Phi) is 9.42. The highest BCUT2D eigenvalue weighted by atomic mass is 32.2. The van der Waals surface area contributed by atoms with Gasteiger partial charge >= 0.3 is 0 Å². The average molecular weight is 452 g/mol. The molecule has 3 heteroatoms. The minimum atomic E-state index is 0.471. The fraction of sp³-hybridized carbons (Fsp3) is 0.357. The molecule has 0 saturated carbocycles. The summed E-state index contributed by atoms with van der Waals surface area (Å²) in [7, 11) is 0.969. The van der Waals surface area contributed by atoms with Crippen molar-refractivity contribution in [1.29, 1.82) is 0 Å². The molecule has 0 radical (unpaired) electrons. The van der Waals surface area contributed by atoms with Crippen LogP contribution in [0.15, 0.2) is 78.9 Å². The largest absolute Gasteiger partial charge is 0.310 e. The van der Waals surface area contributed by atoms with Crippen molar-refractivity contribution in [2.45, 2.75) is 39.2 Å². The third-order valence-corrected chi connectivity index (χ3v) is 10.5. The van der Waals surface area contributed by atoms with Gasteiger partial charge in [0.15, 0.2) is 0 Å². The van der Waals surface area contributed by atoms with Crippen LogP contribution in [0.2, 0.25) is 0 Å². The van der Waals surface area contributed by atoms with Gasteiger partial charge in [-0.25, -0.2) is 0 Å². The standard InChI is InChI=1S/C28H37NS2/c1-5-30(6-2)22-24-17-19-27(20-18-24)29(26-14-10-9-11-15-26)28-16-12-13-25(21-28)23-31(7-3)8-4/h9-21H,5-8,22-23H2,1-4H3/q+2. The van der Waals surface area contributed by atoms with Crippen LogP contribution in [0.4, 0.5) is 17.1 Å². The number of hydrogen-bond donors (Lipinski definition) is 0. The second-order valence-corrected chi connectivity index (χ2v) is 13.0. The maximum atomic E-state index is 2.39. The summed E-state index contributed by atoms with van der Waals surface area (Å²) >= 11 is 0. The topological polar surface area (TPSA) is 3.24 Å². The Hall–Kier alpha value is -1.84. The van der Waals surface area contributed by atoms with Gasteiger partial charge in [-0.15, -0.1) is 0 Å². The van der Waals surface area contributed by atoms with E-state index < -0.39 is 0 Å². The van der Waals surface area contributed by atoms with Crippen molar-refractivity contribution in [1.82, 2.24) is 0 Å². The molecule has 0 saturated heterocycles. The van der Waals surface area contributed by atoms with Gasteiger partial charge in [0.2, 0.25) is 0 Å². The quantitative estimate of drug-likeness (QED) is 0.273. The van der Waals surface area contributed by atoms with Gasteiger partial charge < -0.3 is 4.90 Å². The lowest BCUT2D eigenvalue weighted by Crippen LogP contribution is -2.13. The van der Waals surface area contributed by atoms with E-state index >= 15 is 0 Å². The predicted octanol–water partition coefficient (Wildman–Crippen LogP) is 7.47. The van der Waals surface area contributed by atoms with Crippen LogP contribution in [0.25, 0.3) is 0 Å². The number of nitrogens with zero attached hydrogens (tertiary/aromatic N) is 1. The second-order valence-electron chi connectivity index (χ2n) is 7.68. The van der Waals surface area contributed by atoms with Gasteiger partial charge in [0, 0.05) is 28.2 Å². The van der Waals surface area contributed by atoms with Crippen LogP contribution < -0.4 is 4.90 Å². The fourth-order valence-corrected chi connectivity index (χ4v) is 6.79. The van der Waals surface area contributed by atoms with Crippen LogP contribution in [0.5, 0.6) is 0 Å². The molecule has 0 aliphatic carbocycles. The monoisotopic (exact) mass is 451 g/mol. The van der Waals surface area contributed by atoms with Gasteiger partial charge in [-0.05, 0) is 85.9 Å². The number of anilines is 3. The van der Waals surface area contributed by atoms with E-state index in [4.69, 9.17) is 0 Å². The molecule has 0 fully saturated rings. The molecule has 0 unspecified atom stereocenters. The van der Waals surface area contributed by atoms with Crippen LogP contribution >= 0.6 is 0 Å². The molecule has 0 amide bonds. The van der Waals surface area contributed by atoms with Crippen LogP contribution in [-0.2, 0) is 33.3 Å². The van der Waals surface area contributed by atoms with Crippen LogP contribution in [0, 0.1) is 0 Å². The summed E-state index contributed by atoms with van der Waals surface area (Å²) in [6.07, 6.45) is 0. The summed E-state index contributed by atoms with van der Waals surface area (Å²) < 4.78 is 0. The molecular weight excluding hydrogens is 414 g/mol. The Bertz CT molecular complexity index is 900. The molecule has 0 N–H and O–H groups in total. The van der Waals surface area contributed by atoms with Gasteiger partial charge in [-0.3, -0.25) is 0 Å². The third-order valence-electron chi connectivity index (χ3n) is 5.75. The minimum Gasteiger partial charge on any atom is -0.310 e. The molecule has 0 atom stereocenters. The molecular formula is C28H37NS2+2. The van der Waals surface area contributed by atoms with Gasteiger partial charge in [-0.1, -0.05) is 42.5 Å². The van der Waals surface area contributed by atoms with Gasteiger partial charge in [0.1, 0.15) is 34.5 Å². The minimum absolute atomic E-state index is 0.471. The maximum absolute atomic E-state index is 2.39. The van der Waals surface area contributed by atoms with Crippen molar-refractivity contribution < 1.29 is 0 Å². The lowest BCUT2D eigenvalue weighted by molar-refractivity contribution is 1.25. The van der Waals surface area contributed by atoms with Crippen molar-refractivity contribution in [2.75, 3.05) is 27.9 Å². The number of rotatable bonds is 11. The van der Waals surface area contributed by atoms with Gasteiger partial charge in [0.25, 0.3) is 0 Å². The predicted molar refractivity (Wildman–Crippen MR) is 145 cm³/mol. The summed E-state index contributed by atoms with van der Waals surface area (Å²) in [6, 6.07) is 29.1. The first kappa shape index (κ1) is 23.8. The molecule has 0 heterocycles. The highest BCUT2D eigenvalue weighted by Gasteiger charge is 2.18. The summed E-state index contributed by atoms with van der Waals surface area (Å²) in [5, 5.41) is 0. The van der Waals surface area contributed by atoms with E-state index in [0.717, 1.165) is 0 Å². The smallest absolute Gasteiger partial charge is 0.133 e. The van der Waals surface area contributed by atoms with E-state index in [9.17, 15) is 0 Å². The fourth-order valence-electron chi connectivity index (χ4n) is 3.84. The van der Waals surface area contributed by atoms with Gasteiger partial charge in [-0.2, -0.15) is 0 Å². The van der Waals surface area contributed by atoms with E-state index in [1.54, 1.807) is 0 Å². The molecule has 0 aliphatic rings. The molecule has 0 spiro atoms. The van der Waals surface area contributed by atoms with Crippen molar-refractivity contribution in [2.24, 2.45) is 0 Å². The average Bonchev–Trinajstić information content (AvgIpc) is 2.83. The number of para-hydroxylation sites is 1. The molecule has 31 heavy (non-hydrogen) atoms. The lowest BCUT2D eigenvalue weighted by Gasteiger charge is -2.26. The second kappa shape index (κ2) is 12.3. The first-order valence-corrected chi connectivity index (χ1v) is 15.0. The SMILES string of the molecule is CC[S+](CC)Cc1ccc(N(c2ccccc2)c2cccc(C[S+](CC)CC)c2)cc1. The van der Waals surface area contributed by atoms with Gasteiger partial charge in [0.05, 0.1) is 0 Å². The maximum Gasteiger partial charge on any atom is 0.133 e. The van der Waals surface area contributed by atoms with E-state index in [1.807, 2.05) is 0 Å². The molecule has 0 bridgehead atoms. The molecule has 0 aliphatic heterocycles. The molecule has 1 nitrogen and oxygen atoms in total. The molecule has 3 aromatic rings. The zero-order valence-electron chi connectivity index (χ0n) is 19.5. The van der Waals surface area contributed by atoms with E-state index in [1.165, 1.54) is 62.7 Å². The normalized spacial score (nSPS) is 11.3.